The van der Waals surface area contributed by atoms with E-state index in [4.69, 9.17) is 0 Å². The molecule has 0 radical (unpaired) electrons. The van der Waals surface area contributed by atoms with E-state index in [-0.39, 0.29) is 12.3 Å². The van der Waals surface area contributed by atoms with Crippen LogP contribution in [0.25, 0.3) is 0 Å². The minimum absolute atomic E-state index is 0.0815. The van der Waals surface area contributed by atoms with E-state index < -0.39 is 5.60 Å². The molecule has 2 heterocycles. The van der Waals surface area contributed by atoms with Crippen LogP contribution in [0.15, 0.2) is 18.5 Å². The lowest BCUT2D eigenvalue weighted by Crippen LogP contribution is -2.51. The predicted octanol–water partition coefficient (Wildman–Crippen LogP) is 1.21. The third-order valence-corrected chi connectivity index (χ3v) is 4.73. The molecule has 2 fully saturated rings. The molecule has 1 saturated carbocycles. The summed E-state index contributed by atoms with van der Waals surface area (Å²) in [5.74, 6) is 0.804. The summed E-state index contributed by atoms with van der Waals surface area (Å²) >= 11 is 0. The molecule has 0 bridgehead atoms. The van der Waals surface area contributed by atoms with Crippen LogP contribution in [0, 0.1) is 0 Å². The molecule has 2 aliphatic rings. The van der Waals surface area contributed by atoms with E-state index >= 15 is 0 Å². The van der Waals surface area contributed by atoms with Gasteiger partial charge in [-0.2, -0.15) is 0 Å². The Hall–Kier alpha value is -1.69. The van der Waals surface area contributed by atoms with Crippen LogP contribution >= 0.6 is 0 Å². The van der Waals surface area contributed by atoms with Crippen LogP contribution in [0.1, 0.15) is 38.5 Å². The summed E-state index contributed by atoms with van der Waals surface area (Å²) < 4.78 is 0. The van der Waals surface area contributed by atoms with Gasteiger partial charge in [-0.3, -0.25) is 4.79 Å². The maximum absolute atomic E-state index is 12.4. The molecule has 1 saturated heterocycles. The Labute approximate surface area is 131 Å². The monoisotopic (exact) mass is 304 g/mol. The first-order valence-corrected chi connectivity index (χ1v) is 8.18. The number of nitrogens with zero attached hydrogens (tertiary/aromatic N) is 4. The quantitative estimate of drug-likeness (QED) is 0.909. The average Bonchev–Trinajstić information content (AvgIpc) is 2.56. The van der Waals surface area contributed by atoms with Crippen LogP contribution in [0.4, 0.5) is 5.95 Å². The fourth-order valence-corrected chi connectivity index (χ4v) is 3.39. The molecule has 0 aromatic carbocycles. The Balaban J connectivity index is 1.51. The number of anilines is 1. The van der Waals surface area contributed by atoms with Crippen LogP contribution in [-0.4, -0.2) is 57.7 Å². The second kappa shape index (κ2) is 6.60. The summed E-state index contributed by atoms with van der Waals surface area (Å²) in [5.41, 5.74) is -0.769. The standard InChI is InChI=1S/C16H24N4O2/c21-14(13-16(22)5-2-1-3-6-16)19-9-11-20(12-10-19)15-17-7-4-8-18-15/h4,7-8,22H,1-3,5-6,9-13H2. The third kappa shape index (κ3) is 3.55. The summed E-state index contributed by atoms with van der Waals surface area (Å²) in [4.78, 5) is 24.9. The molecule has 1 aliphatic carbocycles. The second-order valence-corrected chi connectivity index (χ2v) is 6.38. The van der Waals surface area contributed by atoms with Gasteiger partial charge in [0, 0.05) is 38.6 Å². The molecule has 22 heavy (non-hydrogen) atoms. The predicted molar refractivity (Wildman–Crippen MR) is 83.5 cm³/mol. The fourth-order valence-electron chi connectivity index (χ4n) is 3.39. The Morgan fingerprint density at radius 1 is 1.09 bits per heavy atom. The van der Waals surface area contributed by atoms with Crippen molar-refractivity contribution in [1.82, 2.24) is 14.9 Å². The molecule has 1 aromatic heterocycles. The van der Waals surface area contributed by atoms with E-state index in [1.807, 2.05) is 4.90 Å². The van der Waals surface area contributed by atoms with E-state index in [1.165, 1.54) is 6.42 Å². The van der Waals surface area contributed by atoms with Crippen molar-refractivity contribution >= 4 is 11.9 Å². The smallest absolute Gasteiger partial charge is 0.225 e. The number of hydrogen-bond acceptors (Lipinski definition) is 5. The molecule has 0 atom stereocenters. The molecule has 1 aliphatic heterocycles. The largest absolute Gasteiger partial charge is 0.389 e. The van der Waals surface area contributed by atoms with E-state index in [2.05, 4.69) is 14.9 Å². The number of carbonyl (C=O) groups is 1. The lowest BCUT2D eigenvalue weighted by molar-refractivity contribution is -0.138. The second-order valence-electron chi connectivity index (χ2n) is 6.38. The van der Waals surface area contributed by atoms with Gasteiger partial charge in [0.1, 0.15) is 0 Å². The highest BCUT2D eigenvalue weighted by Crippen LogP contribution is 2.31. The highest BCUT2D eigenvalue weighted by Gasteiger charge is 2.34. The first kappa shape index (κ1) is 15.2. The highest BCUT2D eigenvalue weighted by molar-refractivity contribution is 5.77. The van der Waals surface area contributed by atoms with E-state index in [1.54, 1.807) is 18.5 Å². The minimum atomic E-state index is -0.769. The molecule has 1 N–H and O–H groups in total. The van der Waals surface area contributed by atoms with Gasteiger partial charge in [0.25, 0.3) is 0 Å². The molecule has 6 nitrogen and oxygen atoms in total. The molecule has 6 heteroatoms. The van der Waals surface area contributed by atoms with Crippen LogP contribution in [0.3, 0.4) is 0 Å². The van der Waals surface area contributed by atoms with Gasteiger partial charge in [-0.1, -0.05) is 19.3 Å². The molecular weight excluding hydrogens is 280 g/mol. The summed E-state index contributed by atoms with van der Waals surface area (Å²) in [6, 6.07) is 1.80. The first-order valence-electron chi connectivity index (χ1n) is 8.18. The van der Waals surface area contributed by atoms with E-state index in [0.29, 0.717) is 13.1 Å². The SMILES string of the molecule is O=C(CC1(O)CCCCC1)N1CCN(c2ncccn2)CC1. The zero-order valence-corrected chi connectivity index (χ0v) is 12.9. The van der Waals surface area contributed by atoms with Gasteiger partial charge in [0.15, 0.2) is 0 Å². The molecule has 1 aromatic rings. The van der Waals surface area contributed by atoms with Crippen molar-refractivity contribution in [1.29, 1.82) is 0 Å². The summed E-state index contributed by atoms with van der Waals surface area (Å²) in [7, 11) is 0. The van der Waals surface area contributed by atoms with Crippen molar-refractivity contribution in [3.8, 4) is 0 Å². The van der Waals surface area contributed by atoms with Crippen LogP contribution in [0.5, 0.6) is 0 Å². The topological polar surface area (TPSA) is 69.6 Å². The lowest BCUT2D eigenvalue weighted by Gasteiger charge is -2.37. The van der Waals surface area contributed by atoms with Gasteiger partial charge < -0.3 is 14.9 Å². The van der Waals surface area contributed by atoms with Crippen molar-refractivity contribution in [3.63, 3.8) is 0 Å². The zero-order chi connectivity index (χ0) is 15.4. The number of hydrogen-bond donors (Lipinski definition) is 1. The van der Waals surface area contributed by atoms with E-state index in [9.17, 15) is 9.90 Å². The number of carbonyl (C=O) groups excluding carboxylic acids is 1. The van der Waals surface area contributed by atoms with E-state index in [0.717, 1.165) is 44.7 Å². The Bertz CT molecular complexity index is 494. The number of piperazine rings is 1. The molecule has 120 valence electrons. The van der Waals surface area contributed by atoms with Crippen molar-refractivity contribution in [3.05, 3.63) is 18.5 Å². The number of rotatable bonds is 3. The lowest BCUT2D eigenvalue weighted by atomic mass is 9.82. The number of aliphatic hydroxyl groups is 1. The summed E-state index contributed by atoms with van der Waals surface area (Å²) in [6.45, 7) is 2.84. The highest BCUT2D eigenvalue weighted by atomic mass is 16.3. The molecule has 0 unspecified atom stereocenters. The minimum Gasteiger partial charge on any atom is -0.389 e. The van der Waals surface area contributed by atoms with Gasteiger partial charge in [-0.15, -0.1) is 0 Å². The molecular formula is C16H24N4O2. The van der Waals surface area contributed by atoms with Crippen molar-refractivity contribution in [2.45, 2.75) is 44.1 Å². The van der Waals surface area contributed by atoms with Crippen LogP contribution in [0.2, 0.25) is 0 Å². The summed E-state index contributed by atoms with van der Waals surface area (Å²) in [5, 5.41) is 10.5. The van der Waals surface area contributed by atoms with Crippen molar-refractivity contribution < 1.29 is 9.90 Å². The number of amides is 1. The first-order chi connectivity index (χ1) is 10.7. The van der Waals surface area contributed by atoms with Crippen LogP contribution < -0.4 is 4.90 Å². The van der Waals surface area contributed by atoms with Crippen molar-refractivity contribution in [2.24, 2.45) is 0 Å². The molecule has 3 rings (SSSR count). The normalized spacial score (nSPS) is 21.7. The molecule has 1 amide bonds. The zero-order valence-electron chi connectivity index (χ0n) is 12.9. The van der Waals surface area contributed by atoms with Crippen molar-refractivity contribution in [2.75, 3.05) is 31.1 Å². The van der Waals surface area contributed by atoms with Crippen LogP contribution in [-0.2, 0) is 4.79 Å². The van der Waals surface area contributed by atoms with Gasteiger partial charge in [-0.05, 0) is 18.9 Å². The summed E-state index contributed by atoms with van der Waals surface area (Å²) in [6.07, 6.45) is 8.50. The Morgan fingerprint density at radius 3 is 2.36 bits per heavy atom. The Morgan fingerprint density at radius 2 is 1.73 bits per heavy atom. The van der Waals surface area contributed by atoms with Gasteiger partial charge >= 0.3 is 0 Å². The molecule has 0 spiro atoms. The average molecular weight is 304 g/mol. The van der Waals surface area contributed by atoms with Gasteiger partial charge in [0.05, 0.1) is 12.0 Å². The van der Waals surface area contributed by atoms with Gasteiger partial charge in [0.2, 0.25) is 11.9 Å². The Kier molecular flexibility index (Phi) is 4.57. The fraction of sp³-hybridized carbons (Fsp3) is 0.688. The maximum Gasteiger partial charge on any atom is 0.225 e. The number of aromatic nitrogens is 2. The third-order valence-electron chi connectivity index (χ3n) is 4.73. The maximum atomic E-state index is 12.4. The van der Waals surface area contributed by atoms with Gasteiger partial charge in [-0.25, -0.2) is 9.97 Å².